The van der Waals surface area contributed by atoms with Gasteiger partial charge in [0.1, 0.15) is 11.6 Å². The number of nitrogens with one attached hydrogen (secondary N) is 1. The molecule has 2 heterocycles. The van der Waals surface area contributed by atoms with E-state index in [1.807, 2.05) is 0 Å². The van der Waals surface area contributed by atoms with Gasteiger partial charge in [0.2, 0.25) is 5.91 Å². The van der Waals surface area contributed by atoms with E-state index in [-0.39, 0.29) is 11.5 Å². The van der Waals surface area contributed by atoms with Crippen LogP contribution in [0, 0.1) is 11.6 Å². The number of carbonyl (C=O) groups is 1. The summed E-state index contributed by atoms with van der Waals surface area (Å²) < 4.78 is 32.5. The summed E-state index contributed by atoms with van der Waals surface area (Å²) in [5, 5.41) is 2.78. The molecule has 0 aliphatic carbocycles. The summed E-state index contributed by atoms with van der Waals surface area (Å²) in [7, 11) is 0. The molecule has 1 aromatic rings. The van der Waals surface area contributed by atoms with Gasteiger partial charge in [0, 0.05) is 11.6 Å². The summed E-state index contributed by atoms with van der Waals surface area (Å²) >= 11 is 0. The third-order valence-corrected chi connectivity index (χ3v) is 4.55. The van der Waals surface area contributed by atoms with Gasteiger partial charge < -0.3 is 10.1 Å². The predicted octanol–water partition coefficient (Wildman–Crippen LogP) is 3.24. The minimum Gasteiger partial charge on any atom is -0.371 e. The first-order chi connectivity index (χ1) is 9.97. The molecule has 2 saturated heterocycles. The van der Waals surface area contributed by atoms with Gasteiger partial charge >= 0.3 is 0 Å². The molecule has 0 saturated carbocycles. The van der Waals surface area contributed by atoms with Crippen LogP contribution in [0.2, 0.25) is 0 Å². The molecule has 1 N–H and O–H groups in total. The second-order valence-corrected chi connectivity index (χ2v) is 6.13. The van der Waals surface area contributed by atoms with Crippen LogP contribution in [0.15, 0.2) is 18.2 Å². The predicted molar refractivity (Wildman–Crippen MR) is 73.6 cm³/mol. The van der Waals surface area contributed by atoms with Gasteiger partial charge in [-0.25, -0.2) is 8.78 Å². The Kier molecular flexibility index (Phi) is 3.69. The van der Waals surface area contributed by atoms with Crippen molar-refractivity contribution >= 4 is 5.91 Å². The van der Waals surface area contributed by atoms with E-state index in [1.165, 1.54) is 12.1 Å². The van der Waals surface area contributed by atoms with E-state index in [1.54, 1.807) is 6.92 Å². The number of ether oxygens (including phenoxy) is 1. The summed E-state index contributed by atoms with van der Waals surface area (Å²) in [6.07, 6.45) is 4.51. The Labute approximate surface area is 122 Å². The van der Waals surface area contributed by atoms with Crippen LogP contribution in [-0.2, 0) is 9.53 Å². The van der Waals surface area contributed by atoms with Crippen LogP contribution in [0.4, 0.5) is 8.78 Å². The highest BCUT2D eigenvalue weighted by Crippen LogP contribution is 2.45. The number of carbonyl (C=O) groups excluding carboxylic acids is 1. The number of fused-ring (bicyclic) bond motifs is 2. The second-order valence-electron chi connectivity index (χ2n) is 6.13. The van der Waals surface area contributed by atoms with Crippen molar-refractivity contribution in [2.24, 2.45) is 0 Å². The summed E-state index contributed by atoms with van der Waals surface area (Å²) in [4.78, 5) is 12.2. The molecule has 1 aromatic carbocycles. The van der Waals surface area contributed by atoms with Crippen LogP contribution in [0.3, 0.4) is 0 Å². The zero-order valence-corrected chi connectivity index (χ0v) is 12.0. The number of hydrogen-bond donors (Lipinski definition) is 1. The summed E-state index contributed by atoms with van der Waals surface area (Å²) in [6, 6.07) is 2.90. The number of benzene rings is 1. The molecule has 1 unspecified atom stereocenters. The van der Waals surface area contributed by atoms with E-state index < -0.39 is 17.7 Å². The number of halogens is 2. The maximum Gasteiger partial charge on any atom is 0.223 e. The zero-order chi connectivity index (χ0) is 15.0. The Balaban J connectivity index is 1.62. The lowest BCUT2D eigenvalue weighted by atomic mass is 9.86. The molecule has 2 fully saturated rings. The third-order valence-electron chi connectivity index (χ3n) is 4.55. The topological polar surface area (TPSA) is 38.3 Å². The Morgan fingerprint density at radius 3 is 2.71 bits per heavy atom. The van der Waals surface area contributed by atoms with E-state index in [0.717, 1.165) is 31.7 Å². The van der Waals surface area contributed by atoms with Crippen LogP contribution in [0.1, 0.15) is 50.6 Å². The largest absolute Gasteiger partial charge is 0.371 e. The van der Waals surface area contributed by atoms with E-state index in [2.05, 4.69) is 5.32 Å². The Morgan fingerprint density at radius 2 is 2.14 bits per heavy atom. The lowest BCUT2D eigenvalue weighted by molar-refractivity contribution is -0.126. The highest BCUT2D eigenvalue weighted by atomic mass is 19.1. The molecular weight excluding hydrogens is 276 g/mol. The molecule has 1 amide bonds. The van der Waals surface area contributed by atoms with Crippen molar-refractivity contribution < 1.29 is 18.3 Å². The molecular formula is C16H19F2NO2. The first kappa shape index (κ1) is 14.4. The van der Waals surface area contributed by atoms with Crippen molar-refractivity contribution in [3.05, 3.63) is 35.4 Å². The first-order valence-corrected chi connectivity index (χ1v) is 7.40. The SMILES string of the molecule is CC(NC(=O)CC12CCC(CC1)O2)c1ccc(F)cc1F. The Hall–Kier alpha value is -1.49. The quantitative estimate of drug-likeness (QED) is 0.926. The van der Waals surface area contributed by atoms with Crippen LogP contribution in [0.5, 0.6) is 0 Å². The van der Waals surface area contributed by atoms with Crippen molar-refractivity contribution in [3.63, 3.8) is 0 Å². The zero-order valence-electron chi connectivity index (χ0n) is 12.0. The molecule has 3 nitrogen and oxygen atoms in total. The lowest BCUT2D eigenvalue weighted by Gasteiger charge is -2.25. The minimum atomic E-state index is -0.640. The van der Waals surface area contributed by atoms with E-state index in [9.17, 15) is 13.6 Å². The summed E-state index contributed by atoms with van der Waals surface area (Å²) in [5.74, 6) is -1.40. The van der Waals surface area contributed by atoms with Crippen LogP contribution < -0.4 is 5.32 Å². The van der Waals surface area contributed by atoms with Crippen molar-refractivity contribution in [1.29, 1.82) is 0 Å². The van der Waals surface area contributed by atoms with E-state index in [4.69, 9.17) is 4.74 Å². The number of hydrogen-bond acceptors (Lipinski definition) is 2. The fourth-order valence-corrected chi connectivity index (χ4v) is 3.44. The van der Waals surface area contributed by atoms with Gasteiger partial charge in [0.05, 0.1) is 24.2 Å². The first-order valence-electron chi connectivity index (χ1n) is 7.40. The highest BCUT2D eigenvalue weighted by molar-refractivity contribution is 5.77. The lowest BCUT2D eigenvalue weighted by Crippen LogP contribution is -2.36. The van der Waals surface area contributed by atoms with Gasteiger partial charge in [-0.2, -0.15) is 0 Å². The number of rotatable bonds is 4. The second kappa shape index (κ2) is 5.37. The molecule has 0 spiro atoms. The molecule has 114 valence electrons. The summed E-state index contributed by atoms with van der Waals surface area (Å²) in [6.45, 7) is 1.69. The maximum atomic E-state index is 13.7. The smallest absolute Gasteiger partial charge is 0.223 e. The molecule has 3 rings (SSSR count). The standard InChI is InChI=1S/C16H19F2NO2/c1-10(13-3-2-11(17)8-14(13)18)19-15(20)9-16-6-4-12(21-16)5-7-16/h2-3,8,10,12H,4-7,9H2,1H3,(H,19,20). The number of amides is 1. The van der Waals surface area contributed by atoms with Crippen LogP contribution >= 0.6 is 0 Å². The van der Waals surface area contributed by atoms with Crippen molar-refractivity contribution in [2.75, 3.05) is 0 Å². The maximum absolute atomic E-state index is 13.7. The van der Waals surface area contributed by atoms with Gasteiger partial charge in [0.15, 0.2) is 0 Å². The van der Waals surface area contributed by atoms with Gasteiger partial charge in [-0.05, 0) is 38.7 Å². The molecule has 1 atom stereocenters. The monoisotopic (exact) mass is 295 g/mol. The van der Waals surface area contributed by atoms with E-state index in [0.29, 0.717) is 18.1 Å². The van der Waals surface area contributed by atoms with Gasteiger partial charge in [0.25, 0.3) is 0 Å². The van der Waals surface area contributed by atoms with Crippen molar-refractivity contribution in [2.45, 2.75) is 56.8 Å². The molecule has 0 radical (unpaired) electrons. The Morgan fingerprint density at radius 1 is 1.43 bits per heavy atom. The molecule has 2 aliphatic heterocycles. The van der Waals surface area contributed by atoms with Gasteiger partial charge in [-0.3, -0.25) is 4.79 Å². The van der Waals surface area contributed by atoms with E-state index >= 15 is 0 Å². The average molecular weight is 295 g/mol. The normalized spacial score (nSPS) is 28.6. The van der Waals surface area contributed by atoms with Crippen LogP contribution in [0.25, 0.3) is 0 Å². The van der Waals surface area contributed by atoms with Gasteiger partial charge in [-0.1, -0.05) is 6.07 Å². The molecule has 0 aromatic heterocycles. The molecule has 2 aliphatic rings. The van der Waals surface area contributed by atoms with Crippen LogP contribution in [-0.4, -0.2) is 17.6 Å². The average Bonchev–Trinajstić information content (AvgIpc) is 2.97. The third kappa shape index (κ3) is 2.93. The molecule has 5 heteroatoms. The van der Waals surface area contributed by atoms with Crippen molar-refractivity contribution in [1.82, 2.24) is 5.32 Å². The fraction of sp³-hybridized carbons (Fsp3) is 0.562. The molecule has 21 heavy (non-hydrogen) atoms. The summed E-state index contributed by atoms with van der Waals surface area (Å²) in [5.41, 5.74) is -0.0191. The Bertz CT molecular complexity index is 553. The minimum absolute atomic E-state index is 0.145. The van der Waals surface area contributed by atoms with Crippen molar-refractivity contribution in [3.8, 4) is 0 Å². The highest BCUT2D eigenvalue weighted by Gasteiger charge is 2.47. The molecule has 2 bridgehead atoms. The fourth-order valence-electron chi connectivity index (χ4n) is 3.44. The van der Waals surface area contributed by atoms with Gasteiger partial charge in [-0.15, -0.1) is 0 Å².